The number of ether oxygens (including phenoxy) is 1. The first-order valence-electron chi connectivity index (χ1n) is 13.0. The van der Waals surface area contributed by atoms with Crippen LogP contribution >= 0.6 is 0 Å². The molecule has 188 valence electrons. The summed E-state index contributed by atoms with van der Waals surface area (Å²) < 4.78 is 8.48. The Hall–Kier alpha value is -3.60. The number of unbranched alkanes of at least 4 members (excludes halogenated alkanes) is 2. The quantitative estimate of drug-likeness (QED) is 0.232. The molecule has 1 amide bonds. The number of amides is 1. The molecular weight excluding hydrogens is 446 g/mol. The summed E-state index contributed by atoms with van der Waals surface area (Å²) >= 11 is 0. The molecule has 0 radical (unpaired) electrons. The van der Waals surface area contributed by atoms with Crippen LogP contribution in [0.3, 0.4) is 0 Å². The second kappa shape index (κ2) is 12.4. The van der Waals surface area contributed by atoms with E-state index in [4.69, 9.17) is 9.72 Å². The van der Waals surface area contributed by atoms with Gasteiger partial charge >= 0.3 is 0 Å². The third-order valence-corrected chi connectivity index (χ3v) is 6.56. The summed E-state index contributed by atoms with van der Waals surface area (Å²) in [7, 11) is 0. The summed E-state index contributed by atoms with van der Waals surface area (Å²) in [4.78, 5) is 17.2. The molecule has 0 bridgehead atoms. The molecule has 0 spiro atoms. The van der Waals surface area contributed by atoms with Crippen molar-refractivity contribution >= 4 is 16.9 Å². The fraction of sp³-hybridized carbons (Fsp3) is 0.355. The monoisotopic (exact) mass is 483 g/mol. The third kappa shape index (κ3) is 6.54. The Kier molecular flexibility index (Phi) is 8.77. The highest BCUT2D eigenvalue weighted by molar-refractivity contribution is 5.94. The maximum absolute atomic E-state index is 12.3. The number of hydrogen-bond donors (Lipinski definition) is 1. The zero-order valence-corrected chi connectivity index (χ0v) is 21.7. The number of aromatic nitrogens is 2. The molecule has 1 aromatic heterocycles. The minimum Gasteiger partial charge on any atom is -0.493 e. The van der Waals surface area contributed by atoms with Crippen molar-refractivity contribution in [2.24, 2.45) is 0 Å². The minimum absolute atomic E-state index is 0.00333. The second-order valence-corrected chi connectivity index (χ2v) is 9.53. The standard InChI is InChI=1S/C31H37N3O2/c1-23-12-9-15-26(22-23)31(35)32-19-8-4-5-18-29-33-27-16-6-7-17-28(27)34(29)20-11-21-36-30-24(2)13-10-14-25(30)3/h6-7,9-10,12-17,22H,4-5,8,11,18-21H2,1-3H3,(H,32,35). The largest absolute Gasteiger partial charge is 0.493 e. The number of fused-ring (bicyclic) bond motifs is 1. The molecule has 0 atom stereocenters. The Balaban J connectivity index is 1.26. The highest BCUT2D eigenvalue weighted by Crippen LogP contribution is 2.23. The minimum atomic E-state index is 0.00333. The molecule has 0 aliphatic heterocycles. The molecule has 5 heteroatoms. The van der Waals surface area contributed by atoms with E-state index in [9.17, 15) is 4.79 Å². The van der Waals surface area contributed by atoms with E-state index in [2.05, 4.69) is 60.1 Å². The number of nitrogens with one attached hydrogen (secondary N) is 1. The number of imidazole rings is 1. The number of aryl methyl sites for hydroxylation is 5. The van der Waals surface area contributed by atoms with Crippen molar-refractivity contribution in [1.29, 1.82) is 0 Å². The van der Waals surface area contributed by atoms with E-state index in [1.807, 2.05) is 37.3 Å². The molecule has 36 heavy (non-hydrogen) atoms. The van der Waals surface area contributed by atoms with Gasteiger partial charge in [-0.15, -0.1) is 0 Å². The molecular formula is C31H37N3O2. The average molecular weight is 484 g/mol. The van der Waals surface area contributed by atoms with Crippen molar-refractivity contribution in [2.75, 3.05) is 13.2 Å². The Morgan fingerprint density at radius 1 is 0.889 bits per heavy atom. The molecule has 1 heterocycles. The summed E-state index contributed by atoms with van der Waals surface area (Å²) in [6.45, 7) is 8.45. The lowest BCUT2D eigenvalue weighted by molar-refractivity contribution is 0.0953. The molecule has 5 nitrogen and oxygen atoms in total. The van der Waals surface area contributed by atoms with Gasteiger partial charge in [-0.2, -0.15) is 0 Å². The van der Waals surface area contributed by atoms with Gasteiger partial charge in [0.1, 0.15) is 11.6 Å². The fourth-order valence-electron chi connectivity index (χ4n) is 4.66. The highest BCUT2D eigenvalue weighted by Gasteiger charge is 2.11. The van der Waals surface area contributed by atoms with Gasteiger partial charge in [0.2, 0.25) is 0 Å². The van der Waals surface area contributed by atoms with Crippen LogP contribution in [0.1, 0.15) is 58.6 Å². The number of nitrogens with zero attached hydrogens (tertiary/aromatic N) is 2. The van der Waals surface area contributed by atoms with Gasteiger partial charge in [-0.3, -0.25) is 4.79 Å². The van der Waals surface area contributed by atoms with Crippen molar-refractivity contribution in [3.63, 3.8) is 0 Å². The van der Waals surface area contributed by atoms with E-state index in [0.29, 0.717) is 13.2 Å². The molecule has 4 rings (SSSR count). The SMILES string of the molecule is Cc1cccc(C(=O)NCCCCCc2nc3ccccc3n2CCCOc2c(C)cccc2C)c1. The summed E-state index contributed by atoms with van der Waals surface area (Å²) in [5.41, 5.74) is 6.42. The summed E-state index contributed by atoms with van der Waals surface area (Å²) in [6.07, 6.45) is 4.90. The van der Waals surface area contributed by atoms with Gasteiger partial charge in [0.05, 0.1) is 17.6 Å². The van der Waals surface area contributed by atoms with Gasteiger partial charge < -0.3 is 14.6 Å². The van der Waals surface area contributed by atoms with Crippen LogP contribution < -0.4 is 10.1 Å². The van der Waals surface area contributed by atoms with Crippen LogP contribution in [0.2, 0.25) is 0 Å². The van der Waals surface area contributed by atoms with Crippen molar-refractivity contribution < 1.29 is 9.53 Å². The Bertz CT molecular complexity index is 1290. The number of rotatable bonds is 12. The van der Waals surface area contributed by atoms with E-state index in [-0.39, 0.29) is 5.91 Å². The van der Waals surface area contributed by atoms with Crippen LogP contribution in [0, 0.1) is 20.8 Å². The van der Waals surface area contributed by atoms with Gasteiger partial charge in [0, 0.05) is 25.1 Å². The number of carbonyl (C=O) groups excluding carboxylic acids is 1. The maximum atomic E-state index is 12.3. The third-order valence-electron chi connectivity index (χ3n) is 6.56. The maximum Gasteiger partial charge on any atom is 0.251 e. The van der Waals surface area contributed by atoms with Gasteiger partial charge in [-0.05, 0) is 75.4 Å². The molecule has 0 saturated heterocycles. The van der Waals surface area contributed by atoms with Crippen LogP contribution in [0.25, 0.3) is 11.0 Å². The van der Waals surface area contributed by atoms with Crippen LogP contribution in [-0.2, 0) is 13.0 Å². The topological polar surface area (TPSA) is 56.2 Å². The molecule has 3 aromatic carbocycles. The number of carbonyl (C=O) groups is 1. The lowest BCUT2D eigenvalue weighted by atomic mass is 10.1. The van der Waals surface area contributed by atoms with Crippen LogP contribution in [0.4, 0.5) is 0 Å². The van der Waals surface area contributed by atoms with E-state index in [1.54, 1.807) is 0 Å². The molecule has 0 saturated carbocycles. The second-order valence-electron chi connectivity index (χ2n) is 9.53. The van der Waals surface area contributed by atoms with Gasteiger partial charge in [0.25, 0.3) is 5.91 Å². The first-order chi connectivity index (χ1) is 17.5. The van der Waals surface area contributed by atoms with E-state index in [1.165, 1.54) is 16.6 Å². The van der Waals surface area contributed by atoms with Crippen LogP contribution in [0.15, 0.2) is 66.7 Å². The first kappa shape index (κ1) is 25.5. The van der Waals surface area contributed by atoms with Crippen molar-refractivity contribution in [3.8, 4) is 5.75 Å². The average Bonchev–Trinajstić information content (AvgIpc) is 3.22. The predicted molar refractivity (Wildman–Crippen MR) is 147 cm³/mol. The summed E-state index contributed by atoms with van der Waals surface area (Å²) in [5.74, 6) is 2.14. The van der Waals surface area contributed by atoms with Crippen molar-refractivity contribution in [2.45, 2.75) is 59.4 Å². The van der Waals surface area contributed by atoms with Crippen molar-refractivity contribution in [3.05, 3.63) is 94.8 Å². The smallest absolute Gasteiger partial charge is 0.251 e. The summed E-state index contributed by atoms with van der Waals surface area (Å²) in [5, 5.41) is 3.04. The molecule has 0 unspecified atom stereocenters. The van der Waals surface area contributed by atoms with Gasteiger partial charge in [-0.1, -0.05) is 54.4 Å². The van der Waals surface area contributed by atoms with Crippen molar-refractivity contribution in [1.82, 2.24) is 14.9 Å². The Morgan fingerprint density at radius 3 is 2.47 bits per heavy atom. The number of para-hydroxylation sites is 3. The zero-order valence-electron chi connectivity index (χ0n) is 21.7. The highest BCUT2D eigenvalue weighted by atomic mass is 16.5. The Labute approximate surface area is 214 Å². The lowest BCUT2D eigenvalue weighted by Gasteiger charge is -2.13. The number of hydrogen-bond acceptors (Lipinski definition) is 3. The normalized spacial score (nSPS) is 11.1. The van der Waals surface area contributed by atoms with E-state index < -0.39 is 0 Å². The molecule has 1 N–H and O–H groups in total. The zero-order chi connectivity index (χ0) is 25.3. The molecule has 0 fully saturated rings. The predicted octanol–water partition coefficient (Wildman–Crippen LogP) is 6.57. The van der Waals surface area contributed by atoms with E-state index >= 15 is 0 Å². The van der Waals surface area contributed by atoms with E-state index in [0.717, 1.165) is 66.9 Å². The Morgan fingerprint density at radius 2 is 1.67 bits per heavy atom. The number of benzene rings is 3. The van der Waals surface area contributed by atoms with Gasteiger partial charge in [0.15, 0.2) is 0 Å². The lowest BCUT2D eigenvalue weighted by Crippen LogP contribution is -2.24. The summed E-state index contributed by atoms with van der Waals surface area (Å²) in [6, 6.07) is 22.3. The van der Waals surface area contributed by atoms with Crippen LogP contribution in [0.5, 0.6) is 5.75 Å². The fourth-order valence-corrected chi connectivity index (χ4v) is 4.66. The molecule has 0 aliphatic carbocycles. The van der Waals surface area contributed by atoms with Crippen LogP contribution in [-0.4, -0.2) is 28.6 Å². The first-order valence-corrected chi connectivity index (χ1v) is 13.0. The molecule has 0 aliphatic rings. The van der Waals surface area contributed by atoms with Gasteiger partial charge in [-0.25, -0.2) is 4.98 Å². The molecule has 4 aromatic rings.